The Morgan fingerprint density at radius 3 is 2.56 bits per heavy atom. The molecular weight excluding hydrogens is 348 g/mol. The molecule has 2 aromatic heterocycles. The molecule has 2 amide bonds. The van der Waals surface area contributed by atoms with Crippen LogP contribution in [0.5, 0.6) is 0 Å². The number of hydrogen-bond donors (Lipinski definition) is 2. The molecule has 9 nitrogen and oxygen atoms in total. The Kier molecular flexibility index (Phi) is 4.90. The van der Waals surface area contributed by atoms with E-state index in [0.717, 1.165) is 0 Å². The van der Waals surface area contributed by atoms with Crippen molar-refractivity contribution in [2.45, 2.75) is 12.8 Å². The van der Waals surface area contributed by atoms with Crippen molar-refractivity contribution in [2.75, 3.05) is 18.0 Å². The predicted molar refractivity (Wildman–Crippen MR) is 98.4 cm³/mol. The number of nitriles is 1. The zero-order chi connectivity index (χ0) is 19.6. The first kappa shape index (κ1) is 18.1. The Balaban J connectivity index is 2.15. The number of piperidine rings is 1. The van der Waals surface area contributed by atoms with E-state index < -0.39 is 11.5 Å². The third kappa shape index (κ3) is 3.50. The fourth-order valence-corrected chi connectivity index (χ4v) is 3.14. The molecule has 0 aliphatic carbocycles. The van der Waals surface area contributed by atoms with Gasteiger partial charge in [0, 0.05) is 25.2 Å². The fraction of sp³-hybridized carbons (Fsp3) is 0.278. The van der Waals surface area contributed by atoms with E-state index in [4.69, 9.17) is 16.7 Å². The summed E-state index contributed by atoms with van der Waals surface area (Å²) in [5, 5.41) is 9.15. The second kappa shape index (κ2) is 7.29. The number of rotatable bonds is 4. The zero-order valence-electron chi connectivity index (χ0n) is 14.5. The number of anilines is 1. The molecule has 1 aliphatic rings. The van der Waals surface area contributed by atoms with Crippen LogP contribution in [-0.4, -0.2) is 34.3 Å². The number of carbonyl (C=O) groups is 2. The van der Waals surface area contributed by atoms with E-state index in [2.05, 4.69) is 4.98 Å². The van der Waals surface area contributed by atoms with Crippen LogP contribution in [0.3, 0.4) is 0 Å². The summed E-state index contributed by atoms with van der Waals surface area (Å²) in [6.07, 6.45) is 3.80. The summed E-state index contributed by atoms with van der Waals surface area (Å²) in [5.74, 6) is -1.14. The highest BCUT2D eigenvalue weighted by atomic mass is 16.1. The molecular formula is C18H18N6O3. The van der Waals surface area contributed by atoms with Crippen molar-refractivity contribution in [1.29, 1.82) is 5.26 Å². The summed E-state index contributed by atoms with van der Waals surface area (Å²) in [7, 11) is 0. The molecule has 2 aromatic rings. The van der Waals surface area contributed by atoms with Crippen LogP contribution in [0.4, 0.5) is 5.82 Å². The lowest BCUT2D eigenvalue weighted by molar-refractivity contribution is -0.122. The second-order valence-corrected chi connectivity index (χ2v) is 6.28. The van der Waals surface area contributed by atoms with Crippen molar-refractivity contribution in [3.05, 3.63) is 45.9 Å². The topological polar surface area (TPSA) is 148 Å². The molecule has 3 heterocycles. The lowest BCUT2D eigenvalue weighted by Gasteiger charge is -2.32. The lowest BCUT2D eigenvalue weighted by Crippen LogP contribution is -2.40. The molecule has 0 unspecified atom stereocenters. The van der Waals surface area contributed by atoms with Gasteiger partial charge in [0.2, 0.25) is 5.91 Å². The van der Waals surface area contributed by atoms with Crippen molar-refractivity contribution in [2.24, 2.45) is 17.4 Å². The van der Waals surface area contributed by atoms with E-state index in [9.17, 15) is 14.4 Å². The van der Waals surface area contributed by atoms with Crippen LogP contribution in [0.2, 0.25) is 0 Å². The minimum atomic E-state index is -0.923. The maximum atomic E-state index is 13.0. The van der Waals surface area contributed by atoms with Gasteiger partial charge < -0.3 is 16.4 Å². The molecule has 0 atom stereocenters. The first-order chi connectivity index (χ1) is 12.9. The van der Waals surface area contributed by atoms with Gasteiger partial charge in [-0.3, -0.25) is 18.8 Å². The normalized spacial score (nSPS) is 15.5. The van der Waals surface area contributed by atoms with Crippen LogP contribution in [0.15, 0.2) is 34.8 Å². The third-order valence-electron chi connectivity index (χ3n) is 4.62. The summed E-state index contributed by atoms with van der Waals surface area (Å²) >= 11 is 0. The standard InChI is InChI=1S/C18H18N6O3/c19-10-12(16(21)26)9-13-17(23-7-4-11(5-8-23)15(20)25)22-14-3-1-2-6-24(14)18(13)27/h1-3,6,9,11H,4-5,7-8H2,(H2,20,25)(H2,21,26)/b12-9-. The van der Waals surface area contributed by atoms with Crippen LogP contribution < -0.4 is 21.9 Å². The fourth-order valence-electron chi connectivity index (χ4n) is 3.14. The van der Waals surface area contributed by atoms with Crippen LogP contribution in [0.1, 0.15) is 18.4 Å². The Morgan fingerprint density at radius 1 is 1.26 bits per heavy atom. The molecule has 0 radical (unpaired) electrons. The van der Waals surface area contributed by atoms with Crippen LogP contribution in [-0.2, 0) is 9.59 Å². The minimum absolute atomic E-state index is 0.103. The smallest absolute Gasteiger partial charge is 0.267 e. The lowest BCUT2D eigenvalue weighted by atomic mass is 9.96. The van der Waals surface area contributed by atoms with Gasteiger partial charge in [-0.15, -0.1) is 0 Å². The first-order valence-corrected chi connectivity index (χ1v) is 8.39. The average Bonchev–Trinajstić information content (AvgIpc) is 2.67. The molecule has 0 bridgehead atoms. The van der Waals surface area contributed by atoms with E-state index in [1.165, 1.54) is 10.5 Å². The number of pyridine rings is 1. The second-order valence-electron chi connectivity index (χ2n) is 6.28. The molecule has 0 spiro atoms. The van der Waals surface area contributed by atoms with Crippen molar-refractivity contribution < 1.29 is 9.59 Å². The molecule has 0 aromatic carbocycles. The van der Waals surface area contributed by atoms with Crippen LogP contribution >= 0.6 is 0 Å². The number of nitrogens with zero attached hydrogens (tertiary/aromatic N) is 4. The van der Waals surface area contributed by atoms with Gasteiger partial charge >= 0.3 is 0 Å². The van der Waals surface area contributed by atoms with E-state index in [0.29, 0.717) is 37.4 Å². The number of hydrogen-bond acceptors (Lipinski definition) is 6. The predicted octanol–water partition coefficient (Wildman–Crippen LogP) is -0.212. The van der Waals surface area contributed by atoms with E-state index in [1.807, 2.05) is 4.90 Å². The van der Waals surface area contributed by atoms with Gasteiger partial charge in [0.05, 0.1) is 5.56 Å². The molecule has 1 fully saturated rings. The minimum Gasteiger partial charge on any atom is -0.369 e. The monoisotopic (exact) mass is 366 g/mol. The van der Waals surface area contributed by atoms with Gasteiger partial charge in [0.1, 0.15) is 23.1 Å². The van der Waals surface area contributed by atoms with Gasteiger partial charge in [-0.2, -0.15) is 5.26 Å². The Morgan fingerprint density at radius 2 is 1.96 bits per heavy atom. The molecule has 27 heavy (non-hydrogen) atoms. The van der Waals surface area contributed by atoms with Crippen molar-refractivity contribution >= 4 is 29.4 Å². The van der Waals surface area contributed by atoms with E-state index >= 15 is 0 Å². The average molecular weight is 366 g/mol. The SMILES string of the molecule is N#C/C(=C/c1c(N2CCC(C(N)=O)CC2)nc2ccccn2c1=O)C(N)=O. The molecule has 0 saturated carbocycles. The van der Waals surface area contributed by atoms with E-state index in [1.54, 1.807) is 30.5 Å². The van der Waals surface area contributed by atoms with Crippen LogP contribution in [0.25, 0.3) is 11.7 Å². The number of primary amides is 2. The third-order valence-corrected chi connectivity index (χ3v) is 4.62. The molecule has 1 saturated heterocycles. The van der Waals surface area contributed by atoms with Crippen molar-refractivity contribution in [3.8, 4) is 6.07 Å². The summed E-state index contributed by atoms with van der Waals surface area (Å²) in [6.45, 7) is 0.949. The number of nitrogens with two attached hydrogens (primary N) is 2. The Labute approximate surface area is 154 Å². The van der Waals surface area contributed by atoms with Crippen LogP contribution in [0, 0.1) is 17.2 Å². The largest absolute Gasteiger partial charge is 0.369 e. The molecule has 1 aliphatic heterocycles. The number of amides is 2. The zero-order valence-corrected chi connectivity index (χ0v) is 14.5. The number of aromatic nitrogens is 2. The van der Waals surface area contributed by atoms with Gasteiger partial charge in [-0.1, -0.05) is 6.07 Å². The summed E-state index contributed by atoms with van der Waals surface area (Å²) in [6, 6.07) is 6.83. The molecule has 3 rings (SSSR count). The molecule has 9 heteroatoms. The van der Waals surface area contributed by atoms with Gasteiger partial charge in [0.25, 0.3) is 11.5 Å². The quantitative estimate of drug-likeness (QED) is 0.565. The molecule has 4 N–H and O–H groups in total. The Bertz CT molecular complexity index is 1040. The summed E-state index contributed by atoms with van der Waals surface area (Å²) in [5.41, 5.74) is 10.4. The van der Waals surface area contributed by atoms with Gasteiger partial charge in [-0.05, 0) is 31.1 Å². The van der Waals surface area contributed by atoms with Crippen molar-refractivity contribution in [3.63, 3.8) is 0 Å². The highest BCUT2D eigenvalue weighted by Gasteiger charge is 2.26. The maximum absolute atomic E-state index is 13.0. The molecule has 138 valence electrons. The van der Waals surface area contributed by atoms with Crippen molar-refractivity contribution in [1.82, 2.24) is 9.38 Å². The van der Waals surface area contributed by atoms with Gasteiger partial charge in [-0.25, -0.2) is 4.98 Å². The summed E-state index contributed by atoms with van der Waals surface area (Å²) in [4.78, 5) is 42.2. The maximum Gasteiger partial charge on any atom is 0.267 e. The number of fused-ring (bicyclic) bond motifs is 1. The highest BCUT2D eigenvalue weighted by molar-refractivity contribution is 6.01. The summed E-state index contributed by atoms with van der Waals surface area (Å²) < 4.78 is 1.33. The highest BCUT2D eigenvalue weighted by Crippen LogP contribution is 2.25. The van der Waals surface area contributed by atoms with E-state index in [-0.39, 0.29) is 23.0 Å². The number of carbonyl (C=O) groups excluding carboxylic acids is 2. The Hall–Kier alpha value is -3.67. The first-order valence-electron chi connectivity index (χ1n) is 8.39. The van der Waals surface area contributed by atoms with Gasteiger partial charge in [0.15, 0.2) is 0 Å².